The number of rotatable bonds is 9. The van der Waals surface area contributed by atoms with Crippen molar-refractivity contribution < 1.29 is 14.0 Å². The molecule has 0 radical (unpaired) electrons. The first-order valence-electron chi connectivity index (χ1n) is 9.15. The van der Waals surface area contributed by atoms with Crippen molar-refractivity contribution in [2.75, 3.05) is 7.11 Å². The van der Waals surface area contributed by atoms with Gasteiger partial charge in [0.2, 0.25) is 8.32 Å². The van der Waals surface area contributed by atoms with Crippen molar-refractivity contribution in [1.29, 1.82) is 0 Å². The Hall–Kier alpha value is -1.29. The third-order valence-electron chi connectivity index (χ3n) is 4.65. The van der Waals surface area contributed by atoms with E-state index in [1.165, 1.54) is 24.3 Å². The topological polar surface area (TPSA) is 35.5 Å². The Kier molecular flexibility index (Phi) is 10.1. The van der Waals surface area contributed by atoms with Gasteiger partial charge in [0.05, 0.1) is 18.9 Å². The Labute approximate surface area is 156 Å². The molecule has 0 aliphatic heterocycles. The van der Waals surface area contributed by atoms with Crippen LogP contribution in [0.25, 0.3) is 0 Å². The molecule has 0 rings (SSSR count). The number of esters is 1. The van der Waals surface area contributed by atoms with Crippen molar-refractivity contribution in [3.8, 4) is 0 Å². The van der Waals surface area contributed by atoms with Crippen LogP contribution in [0.4, 0.5) is 0 Å². The second-order valence-corrected chi connectivity index (χ2v) is 13.1. The van der Waals surface area contributed by atoms with Crippen LogP contribution in [0.5, 0.6) is 0 Å². The molecule has 0 fully saturated rings. The minimum absolute atomic E-state index is 0.0955. The molecule has 25 heavy (non-hydrogen) atoms. The van der Waals surface area contributed by atoms with Gasteiger partial charge in [-0.1, -0.05) is 44.1 Å². The second-order valence-electron chi connectivity index (χ2n) is 8.41. The van der Waals surface area contributed by atoms with Crippen LogP contribution in [0.3, 0.4) is 0 Å². The number of methoxy groups -OCH3 is 1. The molecule has 144 valence electrons. The molecule has 0 aliphatic carbocycles. The van der Waals surface area contributed by atoms with E-state index in [4.69, 9.17) is 9.16 Å². The van der Waals surface area contributed by atoms with Crippen LogP contribution in [-0.4, -0.2) is 21.4 Å². The number of ether oxygens (including phenoxy) is 1. The third kappa shape index (κ3) is 10.3. The molecule has 0 N–H and O–H groups in total. The number of allylic oxidation sites excluding steroid dienone is 5. The van der Waals surface area contributed by atoms with Crippen molar-refractivity contribution in [2.24, 2.45) is 0 Å². The van der Waals surface area contributed by atoms with Gasteiger partial charge in [-0.15, -0.1) is 0 Å². The predicted octanol–water partition coefficient (Wildman–Crippen LogP) is 6.54. The first-order chi connectivity index (χ1) is 11.4. The molecule has 4 heteroatoms. The summed E-state index contributed by atoms with van der Waals surface area (Å²) in [4.78, 5) is 11.7. The Balaban J connectivity index is 4.91. The fourth-order valence-corrected chi connectivity index (χ4v) is 3.10. The van der Waals surface area contributed by atoms with Gasteiger partial charge in [-0.25, -0.2) is 4.79 Å². The average Bonchev–Trinajstić information content (AvgIpc) is 2.44. The number of hydrogen-bond acceptors (Lipinski definition) is 3. The Morgan fingerprint density at radius 1 is 1.00 bits per heavy atom. The summed E-state index contributed by atoms with van der Waals surface area (Å²) in [6.07, 6.45) is 9.77. The molecule has 0 saturated heterocycles. The van der Waals surface area contributed by atoms with Crippen LogP contribution in [0.1, 0.15) is 67.2 Å². The summed E-state index contributed by atoms with van der Waals surface area (Å²) in [5, 5.41) is 0.0955. The molecule has 0 aliphatic rings. The van der Waals surface area contributed by atoms with Crippen molar-refractivity contribution in [1.82, 2.24) is 0 Å². The first kappa shape index (κ1) is 23.7. The van der Waals surface area contributed by atoms with Crippen LogP contribution < -0.4 is 0 Å². The van der Waals surface area contributed by atoms with Gasteiger partial charge in [0.1, 0.15) is 0 Å². The monoisotopic (exact) mass is 366 g/mol. The van der Waals surface area contributed by atoms with E-state index in [9.17, 15) is 4.79 Å². The third-order valence-corrected chi connectivity index (χ3v) is 9.03. The standard InChI is InChI=1S/C21H38O3Si/c1-17(2)12-10-13-18(3)14-11-15-19(16-20(22)23-7)24-25(8,9)21(4,5)6/h12,14,16H,10-11,13,15H2,1-9H3/b18-14+,19-16+. The van der Waals surface area contributed by atoms with Gasteiger partial charge >= 0.3 is 5.97 Å². The highest BCUT2D eigenvalue weighted by atomic mass is 28.4. The van der Waals surface area contributed by atoms with Gasteiger partial charge in [-0.2, -0.15) is 0 Å². The highest BCUT2D eigenvalue weighted by molar-refractivity contribution is 6.74. The van der Waals surface area contributed by atoms with Crippen molar-refractivity contribution in [2.45, 2.75) is 85.4 Å². The lowest BCUT2D eigenvalue weighted by Crippen LogP contribution is -2.40. The maximum atomic E-state index is 11.7. The minimum atomic E-state index is -1.96. The highest BCUT2D eigenvalue weighted by Crippen LogP contribution is 2.38. The molecule has 0 atom stereocenters. The number of carbonyl (C=O) groups excluding carboxylic acids is 1. The summed E-state index contributed by atoms with van der Waals surface area (Å²) >= 11 is 0. The molecule has 0 heterocycles. The fraction of sp³-hybridized carbons (Fsp3) is 0.667. The normalized spacial score (nSPS) is 13.5. The quantitative estimate of drug-likeness (QED) is 0.153. The maximum Gasteiger partial charge on any atom is 0.333 e. The molecule has 0 aromatic carbocycles. The van der Waals surface area contributed by atoms with E-state index in [1.807, 2.05) is 0 Å². The highest BCUT2D eigenvalue weighted by Gasteiger charge is 2.39. The molecule has 0 amide bonds. The Bertz CT molecular complexity index is 516. The van der Waals surface area contributed by atoms with Gasteiger partial charge in [-0.3, -0.25) is 0 Å². The molecule has 0 spiro atoms. The van der Waals surface area contributed by atoms with Crippen molar-refractivity contribution in [3.63, 3.8) is 0 Å². The van der Waals surface area contributed by atoms with E-state index in [0.29, 0.717) is 0 Å². The van der Waals surface area contributed by atoms with Crippen LogP contribution >= 0.6 is 0 Å². The fourth-order valence-electron chi connectivity index (χ4n) is 1.98. The molecule has 0 saturated carbocycles. The number of hydrogen-bond donors (Lipinski definition) is 0. The van der Waals surface area contributed by atoms with Gasteiger partial charge in [-0.05, 0) is 58.2 Å². The van der Waals surface area contributed by atoms with Gasteiger partial charge in [0.15, 0.2) is 0 Å². The average molecular weight is 367 g/mol. The van der Waals surface area contributed by atoms with Gasteiger partial charge < -0.3 is 9.16 Å². The van der Waals surface area contributed by atoms with Crippen LogP contribution in [-0.2, 0) is 14.0 Å². The lowest BCUT2D eigenvalue weighted by molar-refractivity contribution is -0.135. The summed E-state index contributed by atoms with van der Waals surface area (Å²) in [7, 11) is -0.564. The minimum Gasteiger partial charge on any atom is -0.546 e. The molecule has 0 unspecified atom stereocenters. The molecule has 0 bridgehead atoms. The predicted molar refractivity (Wildman–Crippen MR) is 110 cm³/mol. The summed E-state index contributed by atoms with van der Waals surface area (Å²) < 4.78 is 11.1. The van der Waals surface area contributed by atoms with Gasteiger partial charge in [0, 0.05) is 6.42 Å². The molecule has 3 nitrogen and oxygen atoms in total. The summed E-state index contributed by atoms with van der Waals surface area (Å²) in [6.45, 7) is 17.4. The van der Waals surface area contributed by atoms with Crippen LogP contribution in [0.2, 0.25) is 18.1 Å². The van der Waals surface area contributed by atoms with E-state index in [-0.39, 0.29) is 11.0 Å². The Morgan fingerprint density at radius 3 is 2.04 bits per heavy atom. The van der Waals surface area contributed by atoms with E-state index in [0.717, 1.165) is 31.4 Å². The van der Waals surface area contributed by atoms with Crippen LogP contribution in [0, 0.1) is 0 Å². The van der Waals surface area contributed by atoms with Crippen molar-refractivity contribution >= 4 is 14.3 Å². The van der Waals surface area contributed by atoms with E-state index in [2.05, 4.69) is 66.8 Å². The summed E-state index contributed by atoms with van der Waals surface area (Å²) in [5.41, 5.74) is 2.74. The zero-order valence-electron chi connectivity index (χ0n) is 17.8. The second kappa shape index (κ2) is 10.6. The van der Waals surface area contributed by atoms with E-state index in [1.54, 1.807) is 0 Å². The number of carbonyl (C=O) groups is 1. The molecular weight excluding hydrogens is 328 g/mol. The van der Waals surface area contributed by atoms with Crippen LogP contribution in [0.15, 0.2) is 35.1 Å². The lowest BCUT2D eigenvalue weighted by Gasteiger charge is -2.37. The SMILES string of the molecule is COC(=O)/C=C(\CC/C=C(\C)CCC=C(C)C)O[Si](C)(C)C(C)(C)C. The Morgan fingerprint density at radius 2 is 1.56 bits per heavy atom. The molecule has 0 aromatic heterocycles. The zero-order valence-corrected chi connectivity index (χ0v) is 18.8. The largest absolute Gasteiger partial charge is 0.546 e. The lowest BCUT2D eigenvalue weighted by atomic mass is 10.1. The summed E-state index contributed by atoms with van der Waals surface area (Å²) in [6, 6.07) is 0. The maximum absolute atomic E-state index is 11.7. The molecule has 0 aromatic rings. The zero-order chi connectivity index (χ0) is 19.7. The van der Waals surface area contributed by atoms with E-state index >= 15 is 0 Å². The van der Waals surface area contributed by atoms with Gasteiger partial charge in [0.25, 0.3) is 0 Å². The summed E-state index contributed by atoms with van der Waals surface area (Å²) in [5.74, 6) is 0.393. The van der Waals surface area contributed by atoms with E-state index < -0.39 is 8.32 Å². The first-order valence-corrected chi connectivity index (χ1v) is 12.1. The molecular formula is C21H38O3Si. The smallest absolute Gasteiger partial charge is 0.333 e. The van der Waals surface area contributed by atoms with Crippen molar-refractivity contribution in [3.05, 3.63) is 35.1 Å².